The smallest absolute Gasteiger partial charge is 0.547 e. The van der Waals surface area contributed by atoms with Crippen LogP contribution in [0.1, 0.15) is 0 Å². The van der Waals surface area contributed by atoms with Crippen LogP contribution in [0.25, 0.3) is 0 Å². The van der Waals surface area contributed by atoms with Crippen LogP contribution in [0.5, 0.6) is 0 Å². The zero-order chi connectivity index (χ0) is 11.5. The summed E-state index contributed by atoms with van der Waals surface area (Å²) in [5.41, 5.74) is 0. The van der Waals surface area contributed by atoms with Gasteiger partial charge in [-0.3, -0.25) is 0 Å². The molecule has 0 bridgehead atoms. The molecule has 0 spiro atoms. The molecule has 0 radical (unpaired) electrons. The second-order valence-corrected chi connectivity index (χ2v) is 2.53. The zero-order valence-electron chi connectivity index (χ0n) is 7.77. The molecule has 0 aromatic carbocycles. The summed E-state index contributed by atoms with van der Waals surface area (Å²) in [6.07, 6.45) is -9.52. The summed E-state index contributed by atoms with van der Waals surface area (Å²) in [6.45, 7) is 0. The molecule has 0 aliphatic carbocycles. The minimum Gasteiger partial charge on any atom is -0.547 e. The first-order valence-corrected chi connectivity index (χ1v) is 3.45. The summed E-state index contributed by atoms with van der Waals surface area (Å²) in [4.78, 5) is 20.0. The van der Waals surface area contributed by atoms with Gasteiger partial charge in [-0.2, -0.15) is 0 Å². The van der Waals surface area contributed by atoms with E-state index in [1.807, 2.05) is 0 Å². The maximum absolute atomic E-state index is 10.1. The SMILES string of the molecule is O=C([O-])C(O)C(O)C(O)C(O)C(=O)O.[K+]. The van der Waals surface area contributed by atoms with Crippen molar-refractivity contribution in [2.45, 2.75) is 24.4 Å². The summed E-state index contributed by atoms with van der Waals surface area (Å²) in [7, 11) is 0. The van der Waals surface area contributed by atoms with E-state index >= 15 is 0 Å². The molecular weight excluding hydrogens is 239 g/mol. The Bertz CT molecular complexity index is 207. The first kappa shape index (κ1) is 17.8. The van der Waals surface area contributed by atoms with Crippen LogP contribution < -0.4 is 56.5 Å². The van der Waals surface area contributed by atoms with Crippen LogP contribution in [0.15, 0.2) is 0 Å². The standard InChI is InChI=1S/C6H10O8.K/c7-1(3(9)5(11)12)2(8)4(10)6(13)14;/h1-4,7-10H,(H,11,12)(H,13,14);/q;+1/p-1. The van der Waals surface area contributed by atoms with Crippen LogP contribution >= 0.6 is 0 Å². The molecule has 0 aromatic heterocycles. The van der Waals surface area contributed by atoms with Crippen LogP contribution in [0.3, 0.4) is 0 Å². The molecule has 15 heavy (non-hydrogen) atoms. The van der Waals surface area contributed by atoms with Gasteiger partial charge in [0.15, 0.2) is 6.10 Å². The molecule has 0 aliphatic heterocycles. The molecule has 5 N–H and O–H groups in total. The fourth-order valence-corrected chi connectivity index (χ4v) is 0.659. The third-order valence-electron chi connectivity index (χ3n) is 1.49. The molecule has 82 valence electrons. The van der Waals surface area contributed by atoms with Gasteiger partial charge in [-0.1, -0.05) is 0 Å². The average molecular weight is 248 g/mol. The van der Waals surface area contributed by atoms with Gasteiger partial charge in [0.25, 0.3) is 0 Å². The number of carboxylic acids is 2. The Morgan fingerprint density at radius 2 is 1.27 bits per heavy atom. The van der Waals surface area contributed by atoms with E-state index in [-0.39, 0.29) is 51.4 Å². The van der Waals surface area contributed by atoms with E-state index in [1.54, 1.807) is 0 Å². The Morgan fingerprint density at radius 3 is 1.53 bits per heavy atom. The van der Waals surface area contributed by atoms with Crippen LogP contribution in [-0.2, 0) is 9.59 Å². The summed E-state index contributed by atoms with van der Waals surface area (Å²) >= 11 is 0. The maximum Gasteiger partial charge on any atom is 1.00 e. The van der Waals surface area contributed by atoms with Crippen molar-refractivity contribution in [2.75, 3.05) is 0 Å². The van der Waals surface area contributed by atoms with Crippen molar-refractivity contribution < 1.29 is 91.6 Å². The van der Waals surface area contributed by atoms with E-state index in [0.717, 1.165) is 0 Å². The first-order valence-electron chi connectivity index (χ1n) is 3.45. The molecule has 0 saturated carbocycles. The van der Waals surface area contributed by atoms with E-state index in [1.165, 1.54) is 0 Å². The van der Waals surface area contributed by atoms with Crippen LogP contribution in [0.4, 0.5) is 0 Å². The molecule has 0 heterocycles. The monoisotopic (exact) mass is 248 g/mol. The number of hydrogen-bond donors (Lipinski definition) is 5. The Balaban J connectivity index is 0. The number of aliphatic hydroxyl groups is 4. The zero-order valence-corrected chi connectivity index (χ0v) is 10.9. The van der Waals surface area contributed by atoms with E-state index in [2.05, 4.69) is 0 Å². The molecule has 0 aliphatic rings. The topological polar surface area (TPSA) is 158 Å². The molecule has 8 nitrogen and oxygen atoms in total. The Kier molecular flexibility index (Phi) is 9.08. The largest absolute Gasteiger partial charge is 1.00 e. The fraction of sp³-hybridized carbons (Fsp3) is 0.667. The molecule has 4 atom stereocenters. The van der Waals surface area contributed by atoms with Gasteiger partial charge in [0.1, 0.15) is 18.3 Å². The van der Waals surface area contributed by atoms with E-state index < -0.39 is 36.4 Å². The number of carbonyl (C=O) groups excluding carboxylic acids is 1. The summed E-state index contributed by atoms with van der Waals surface area (Å²) in [5, 5.41) is 53.1. The predicted octanol–water partition coefficient (Wildman–Crippen LogP) is -7.73. The van der Waals surface area contributed by atoms with Crippen LogP contribution in [0.2, 0.25) is 0 Å². The summed E-state index contributed by atoms with van der Waals surface area (Å²) in [6, 6.07) is 0. The van der Waals surface area contributed by atoms with Crippen molar-refractivity contribution >= 4 is 11.9 Å². The molecule has 4 unspecified atom stereocenters. The van der Waals surface area contributed by atoms with Gasteiger partial charge in [-0.25, -0.2) is 4.79 Å². The third-order valence-corrected chi connectivity index (χ3v) is 1.49. The quantitative estimate of drug-likeness (QED) is 0.300. The van der Waals surface area contributed by atoms with Crippen molar-refractivity contribution in [2.24, 2.45) is 0 Å². The number of carboxylic acid groups (broad SMARTS) is 2. The van der Waals surface area contributed by atoms with Crippen LogP contribution in [-0.4, -0.2) is 61.9 Å². The second kappa shape index (κ2) is 7.65. The van der Waals surface area contributed by atoms with E-state index in [9.17, 15) is 14.7 Å². The average Bonchev–Trinajstić information content (AvgIpc) is 2.12. The number of aliphatic carboxylic acids is 2. The Morgan fingerprint density at radius 1 is 0.933 bits per heavy atom. The van der Waals surface area contributed by atoms with Gasteiger partial charge in [0.05, 0.1) is 5.97 Å². The minimum atomic E-state index is -2.47. The van der Waals surface area contributed by atoms with Crippen molar-refractivity contribution in [3.8, 4) is 0 Å². The van der Waals surface area contributed by atoms with Crippen molar-refractivity contribution in [1.82, 2.24) is 0 Å². The van der Waals surface area contributed by atoms with Gasteiger partial charge < -0.3 is 35.4 Å². The minimum absolute atomic E-state index is 0. The van der Waals surface area contributed by atoms with E-state index in [4.69, 9.17) is 25.5 Å². The normalized spacial score (nSPS) is 18.1. The second-order valence-electron chi connectivity index (χ2n) is 2.53. The molecule has 0 aromatic rings. The number of rotatable bonds is 5. The van der Waals surface area contributed by atoms with Gasteiger partial charge in [0, 0.05) is 0 Å². The van der Waals surface area contributed by atoms with Gasteiger partial charge >= 0.3 is 57.4 Å². The first-order chi connectivity index (χ1) is 6.29. The molecular formula is C6H9KO8. The Labute approximate surface area is 127 Å². The van der Waals surface area contributed by atoms with Gasteiger partial charge in [-0.15, -0.1) is 0 Å². The van der Waals surface area contributed by atoms with Gasteiger partial charge in [-0.05, 0) is 0 Å². The van der Waals surface area contributed by atoms with Crippen molar-refractivity contribution in [3.63, 3.8) is 0 Å². The third kappa shape index (κ3) is 5.33. The van der Waals surface area contributed by atoms with Crippen molar-refractivity contribution in [1.29, 1.82) is 0 Å². The fourth-order valence-electron chi connectivity index (χ4n) is 0.659. The number of aliphatic hydroxyl groups excluding tert-OH is 4. The summed E-state index contributed by atoms with van der Waals surface area (Å²) < 4.78 is 0. The number of carbonyl (C=O) groups is 2. The molecule has 9 heteroatoms. The summed E-state index contributed by atoms with van der Waals surface area (Å²) in [5.74, 6) is -3.95. The maximum atomic E-state index is 10.1. The number of hydrogen-bond acceptors (Lipinski definition) is 7. The molecule has 0 fully saturated rings. The predicted molar refractivity (Wildman–Crippen MR) is 36.7 cm³/mol. The molecule has 0 amide bonds. The van der Waals surface area contributed by atoms with E-state index in [0.29, 0.717) is 0 Å². The van der Waals surface area contributed by atoms with Crippen molar-refractivity contribution in [3.05, 3.63) is 0 Å². The Hall–Kier alpha value is 0.416. The van der Waals surface area contributed by atoms with Gasteiger partial charge in [0.2, 0.25) is 0 Å². The molecule has 0 rings (SSSR count). The van der Waals surface area contributed by atoms with Crippen LogP contribution in [0, 0.1) is 0 Å². The molecule has 0 saturated heterocycles.